The van der Waals surface area contributed by atoms with Crippen molar-refractivity contribution >= 4 is 5.97 Å². The highest BCUT2D eigenvalue weighted by Gasteiger charge is 2.29. The third kappa shape index (κ3) is 4.71. The number of nitrogens with zero attached hydrogens (tertiary/aromatic N) is 1. The van der Waals surface area contributed by atoms with Crippen LogP contribution in [0.15, 0.2) is 60.7 Å². The topological polar surface area (TPSA) is 40.5 Å². The average Bonchev–Trinajstić information content (AvgIpc) is 2.48. The smallest absolute Gasteiger partial charge is 0.310 e. The van der Waals surface area contributed by atoms with E-state index in [-0.39, 0.29) is 0 Å². The molecule has 2 aromatic carbocycles. The minimum absolute atomic E-state index is 0.506. The number of hydrogen-bond acceptors (Lipinski definition) is 2. The van der Waals surface area contributed by atoms with Crippen molar-refractivity contribution in [3.05, 3.63) is 71.8 Å². The van der Waals surface area contributed by atoms with Crippen molar-refractivity contribution in [2.45, 2.75) is 26.9 Å². The van der Waals surface area contributed by atoms with Gasteiger partial charge in [0.15, 0.2) is 0 Å². The summed E-state index contributed by atoms with van der Waals surface area (Å²) in [6.07, 6.45) is 0. The zero-order chi connectivity index (χ0) is 16.0. The molecule has 116 valence electrons. The Morgan fingerprint density at radius 1 is 0.909 bits per heavy atom. The fourth-order valence-corrected chi connectivity index (χ4v) is 2.48. The number of rotatable bonds is 7. The second kappa shape index (κ2) is 7.23. The summed E-state index contributed by atoms with van der Waals surface area (Å²) in [5.74, 6) is -0.765. The molecule has 22 heavy (non-hydrogen) atoms. The normalized spacial score (nSPS) is 11.6. The fourth-order valence-electron chi connectivity index (χ4n) is 2.48. The summed E-state index contributed by atoms with van der Waals surface area (Å²) in [6, 6.07) is 20.3. The van der Waals surface area contributed by atoms with Gasteiger partial charge in [-0.3, -0.25) is 9.69 Å². The molecule has 0 unspecified atom stereocenters. The van der Waals surface area contributed by atoms with Gasteiger partial charge in [-0.1, -0.05) is 60.7 Å². The first kappa shape index (κ1) is 16.2. The minimum atomic E-state index is -0.774. The van der Waals surface area contributed by atoms with Gasteiger partial charge in [0.05, 0.1) is 5.41 Å². The van der Waals surface area contributed by atoms with Crippen LogP contribution >= 0.6 is 0 Å². The molecule has 0 bridgehead atoms. The fraction of sp³-hybridized carbons (Fsp3) is 0.316. The van der Waals surface area contributed by atoms with Crippen LogP contribution in [0.1, 0.15) is 25.0 Å². The van der Waals surface area contributed by atoms with Gasteiger partial charge in [-0.15, -0.1) is 0 Å². The monoisotopic (exact) mass is 297 g/mol. The number of benzene rings is 2. The quantitative estimate of drug-likeness (QED) is 0.845. The summed E-state index contributed by atoms with van der Waals surface area (Å²) >= 11 is 0. The van der Waals surface area contributed by atoms with Gasteiger partial charge in [0.25, 0.3) is 0 Å². The van der Waals surface area contributed by atoms with Gasteiger partial charge in [0.1, 0.15) is 0 Å². The van der Waals surface area contributed by atoms with Crippen molar-refractivity contribution in [3.63, 3.8) is 0 Å². The van der Waals surface area contributed by atoms with E-state index in [9.17, 15) is 9.90 Å². The lowest BCUT2D eigenvalue weighted by Crippen LogP contribution is -2.38. The molecule has 0 heterocycles. The van der Waals surface area contributed by atoms with Crippen LogP contribution in [0.25, 0.3) is 0 Å². The maximum Gasteiger partial charge on any atom is 0.310 e. The van der Waals surface area contributed by atoms with E-state index in [4.69, 9.17) is 0 Å². The Bertz CT molecular complexity index is 552. The van der Waals surface area contributed by atoms with Crippen LogP contribution in [-0.4, -0.2) is 22.5 Å². The number of aliphatic carboxylic acids is 1. The van der Waals surface area contributed by atoms with Crippen LogP contribution in [0.5, 0.6) is 0 Å². The van der Waals surface area contributed by atoms with Crippen LogP contribution in [0.3, 0.4) is 0 Å². The van der Waals surface area contributed by atoms with Crippen LogP contribution in [-0.2, 0) is 17.9 Å². The Kier molecular flexibility index (Phi) is 5.34. The largest absolute Gasteiger partial charge is 0.481 e. The van der Waals surface area contributed by atoms with Crippen molar-refractivity contribution in [3.8, 4) is 0 Å². The van der Waals surface area contributed by atoms with E-state index in [0.717, 1.165) is 13.1 Å². The molecule has 2 rings (SSSR count). The summed E-state index contributed by atoms with van der Waals surface area (Å²) in [6.45, 7) is 5.54. The third-order valence-electron chi connectivity index (χ3n) is 3.70. The maximum atomic E-state index is 11.4. The molecule has 0 atom stereocenters. The van der Waals surface area contributed by atoms with E-state index in [1.54, 1.807) is 13.8 Å². The molecule has 0 fully saturated rings. The first-order valence-corrected chi connectivity index (χ1v) is 7.51. The Balaban J connectivity index is 2.15. The molecule has 3 heteroatoms. The first-order chi connectivity index (χ1) is 10.5. The second-order valence-corrected chi connectivity index (χ2v) is 6.31. The SMILES string of the molecule is CC(C)(CN(Cc1ccccc1)Cc1ccccc1)C(=O)O. The number of carboxylic acid groups (broad SMARTS) is 1. The predicted molar refractivity (Wildman–Crippen MR) is 88.4 cm³/mol. The zero-order valence-electron chi connectivity index (χ0n) is 13.2. The van der Waals surface area contributed by atoms with Gasteiger partial charge in [0, 0.05) is 19.6 Å². The Hall–Kier alpha value is -2.13. The Morgan fingerprint density at radius 3 is 1.68 bits per heavy atom. The average molecular weight is 297 g/mol. The molecule has 0 amide bonds. The highest BCUT2D eigenvalue weighted by molar-refractivity contribution is 5.73. The molecular weight excluding hydrogens is 274 g/mol. The first-order valence-electron chi connectivity index (χ1n) is 7.51. The minimum Gasteiger partial charge on any atom is -0.481 e. The van der Waals surface area contributed by atoms with Crippen molar-refractivity contribution in [1.29, 1.82) is 0 Å². The highest BCUT2D eigenvalue weighted by Crippen LogP contribution is 2.20. The summed E-state index contributed by atoms with van der Waals surface area (Å²) in [4.78, 5) is 13.6. The third-order valence-corrected chi connectivity index (χ3v) is 3.70. The van der Waals surface area contributed by atoms with Gasteiger partial charge >= 0.3 is 5.97 Å². The second-order valence-electron chi connectivity index (χ2n) is 6.31. The molecule has 2 aromatic rings. The molecule has 0 aliphatic rings. The van der Waals surface area contributed by atoms with Gasteiger partial charge in [-0.25, -0.2) is 0 Å². The molecule has 0 saturated carbocycles. The Labute approximate surface area is 132 Å². The van der Waals surface area contributed by atoms with Crippen molar-refractivity contribution < 1.29 is 9.90 Å². The molecule has 0 aromatic heterocycles. The van der Waals surface area contributed by atoms with Crippen LogP contribution < -0.4 is 0 Å². The lowest BCUT2D eigenvalue weighted by molar-refractivity contribution is -0.148. The van der Waals surface area contributed by atoms with E-state index < -0.39 is 11.4 Å². The molecule has 1 N–H and O–H groups in total. The van der Waals surface area contributed by atoms with E-state index in [2.05, 4.69) is 29.2 Å². The van der Waals surface area contributed by atoms with Gasteiger partial charge in [0.2, 0.25) is 0 Å². The maximum absolute atomic E-state index is 11.4. The van der Waals surface area contributed by atoms with Crippen molar-refractivity contribution in [1.82, 2.24) is 4.90 Å². The number of carbonyl (C=O) groups is 1. The lowest BCUT2D eigenvalue weighted by Gasteiger charge is -2.30. The summed E-state index contributed by atoms with van der Waals surface area (Å²) in [5.41, 5.74) is 1.61. The highest BCUT2D eigenvalue weighted by atomic mass is 16.4. The standard InChI is InChI=1S/C19H23NO2/c1-19(2,18(21)22)15-20(13-16-9-5-3-6-10-16)14-17-11-7-4-8-12-17/h3-12H,13-15H2,1-2H3,(H,21,22). The van der Waals surface area contributed by atoms with Crippen LogP contribution in [0, 0.1) is 5.41 Å². The van der Waals surface area contributed by atoms with Gasteiger partial charge in [-0.05, 0) is 25.0 Å². The van der Waals surface area contributed by atoms with E-state index in [1.165, 1.54) is 11.1 Å². The van der Waals surface area contributed by atoms with Gasteiger partial charge < -0.3 is 5.11 Å². The zero-order valence-corrected chi connectivity index (χ0v) is 13.2. The molecule has 0 aliphatic carbocycles. The Morgan fingerprint density at radius 2 is 1.32 bits per heavy atom. The summed E-state index contributed by atoms with van der Waals surface area (Å²) < 4.78 is 0. The molecule has 0 spiro atoms. The lowest BCUT2D eigenvalue weighted by atomic mass is 9.92. The van der Waals surface area contributed by atoms with Gasteiger partial charge in [-0.2, -0.15) is 0 Å². The molecular formula is C19H23NO2. The van der Waals surface area contributed by atoms with E-state index in [0.29, 0.717) is 6.54 Å². The molecule has 3 nitrogen and oxygen atoms in total. The number of carboxylic acids is 1. The van der Waals surface area contributed by atoms with Crippen molar-refractivity contribution in [2.24, 2.45) is 5.41 Å². The van der Waals surface area contributed by atoms with Crippen LogP contribution in [0.4, 0.5) is 0 Å². The van der Waals surface area contributed by atoms with Crippen molar-refractivity contribution in [2.75, 3.05) is 6.54 Å². The van der Waals surface area contributed by atoms with E-state index >= 15 is 0 Å². The summed E-state index contributed by atoms with van der Waals surface area (Å²) in [7, 11) is 0. The molecule has 0 radical (unpaired) electrons. The van der Waals surface area contributed by atoms with E-state index in [1.807, 2.05) is 36.4 Å². The molecule has 0 saturated heterocycles. The van der Waals surface area contributed by atoms with Crippen LogP contribution in [0.2, 0.25) is 0 Å². The predicted octanol–water partition coefficient (Wildman–Crippen LogP) is 3.80. The summed E-state index contributed by atoms with van der Waals surface area (Å²) in [5, 5.41) is 9.40. The molecule has 0 aliphatic heterocycles. The number of hydrogen-bond donors (Lipinski definition) is 1.